The molecule has 0 aliphatic carbocycles. The zero-order chi connectivity index (χ0) is 21.8. The first-order valence-corrected chi connectivity index (χ1v) is 10.2. The smallest absolute Gasteiger partial charge is 0.295 e. The third kappa shape index (κ3) is 4.59. The third-order valence-corrected chi connectivity index (χ3v) is 5.45. The fourth-order valence-electron chi connectivity index (χ4n) is 3.71. The molecule has 1 aliphatic heterocycles. The van der Waals surface area contributed by atoms with Gasteiger partial charge in [0.2, 0.25) is 5.91 Å². The number of nitrogens with zero attached hydrogens (tertiary/aromatic N) is 5. The Kier molecular flexibility index (Phi) is 6.66. The number of amides is 2. The van der Waals surface area contributed by atoms with Crippen LogP contribution in [0, 0.1) is 13.8 Å². The highest BCUT2D eigenvalue weighted by molar-refractivity contribution is 6.43. The Labute approximate surface area is 177 Å². The summed E-state index contributed by atoms with van der Waals surface area (Å²) in [4.78, 5) is 43.2. The molecule has 30 heavy (non-hydrogen) atoms. The van der Waals surface area contributed by atoms with E-state index in [1.807, 2.05) is 42.2 Å². The molecule has 0 N–H and O–H groups in total. The number of aromatic nitrogens is 2. The van der Waals surface area contributed by atoms with Gasteiger partial charge in [-0.25, -0.2) is 4.68 Å². The van der Waals surface area contributed by atoms with Crippen LogP contribution in [0.25, 0.3) is 5.69 Å². The van der Waals surface area contributed by atoms with Gasteiger partial charge >= 0.3 is 0 Å². The van der Waals surface area contributed by atoms with Crippen molar-refractivity contribution in [3.05, 3.63) is 47.3 Å². The van der Waals surface area contributed by atoms with E-state index in [-0.39, 0.29) is 5.91 Å². The summed E-state index contributed by atoms with van der Waals surface area (Å²) < 4.78 is 1.70. The van der Waals surface area contributed by atoms with E-state index >= 15 is 0 Å². The van der Waals surface area contributed by atoms with Gasteiger partial charge in [0.25, 0.3) is 11.7 Å². The average molecular weight is 412 g/mol. The van der Waals surface area contributed by atoms with Crippen LogP contribution >= 0.6 is 0 Å². The number of likely N-dealkylation sites (N-methyl/N-ethyl adjacent to an activating group) is 1. The van der Waals surface area contributed by atoms with Gasteiger partial charge in [-0.3, -0.25) is 19.3 Å². The molecule has 0 saturated carbocycles. The first kappa shape index (κ1) is 21.7. The molecule has 8 nitrogen and oxygen atoms in total. The Morgan fingerprint density at radius 3 is 2.37 bits per heavy atom. The minimum absolute atomic E-state index is 0.0328. The van der Waals surface area contributed by atoms with Crippen molar-refractivity contribution in [3.8, 4) is 5.69 Å². The fourth-order valence-corrected chi connectivity index (χ4v) is 3.71. The van der Waals surface area contributed by atoms with Gasteiger partial charge < -0.3 is 9.80 Å². The molecule has 8 heteroatoms. The van der Waals surface area contributed by atoms with E-state index in [9.17, 15) is 14.4 Å². The number of rotatable bonds is 5. The predicted molar refractivity (Wildman–Crippen MR) is 114 cm³/mol. The van der Waals surface area contributed by atoms with Crippen molar-refractivity contribution in [2.75, 3.05) is 46.8 Å². The first-order valence-electron chi connectivity index (χ1n) is 10.2. The van der Waals surface area contributed by atoms with Crippen LogP contribution in [0.15, 0.2) is 30.3 Å². The Bertz CT molecular complexity index is 936. The number of para-hydroxylation sites is 1. The van der Waals surface area contributed by atoms with Gasteiger partial charge in [0, 0.05) is 40.3 Å². The summed E-state index contributed by atoms with van der Waals surface area (Å²) in [6.45, 7) is 6.11. The fraction of sp³-hybridized carbons (Fsp3) is 0.455. The molecule has 0 bridgehead atoms. The highest BCUT2D eigenvalue weighted by Crippen LogP contribution is 2.19. The van der Waals surface area contributed by atoms with Gasteiger partial charge in [0.05, 0.1) is 29.2 Å². The molecular weight excluding hydrogens is 382 g/mol. The number of hydrogen-bond acceptors (Lipinski definition) is 5. The van der Waals surface area contributed by atoms with E-state index in [4.69, 9.17) is 0 Å². The number of benzene rings is 1. The van der Waals surface area contributed by atoms with Crippen molar-refractivity contribution < 1.29 is 14.4 Å². The van der Waals surface area contributed by atoms with Crippen LogP contribution in [0.4, 0.5) is 0 Å². The Balaban J connectivity index is 1.73. The van der Waals surface area contributed by atoms with Gasteiger partial charge in [-0.2, -0.15) is 5.10 Å². The van der Waals surface area contributed by atoms with Gasteiger partial charge in [-0.05, 0) is 32.4 Å². The molecule has 0 spiro atoms. The lowest BCUT2D eigenvalue weighted by Gasteiger charge is -2.22. The SMILES string of the molecule is Cc1nn(-c2ccccc2)c(C)c1C(=O)C(=O)N1CCCN(CC(=O)N(C)C)CC1. The molecule has 3 rings (SSSR count). The minimum atomic E-state index is -0.523. The second-order valence-electron chi connectivity index (χ2n) is 7.83. The van der Waals surface area contributed by atoms with E-state index in [1.54, 1.807) is 35.5 Å². The van der Waals surface area contributed by atoms with Gasteiger partial charge in [-0.1, -0.05) is 18.2 Å². The molecule has 1 fully saturated rings. The molecule has 1 aromatic heterocycles. The molecule has 160 valence electrons. The third-order valence-electron chi connectivity index (χ3n) is 5.45. The lowest BCUT2D eigenvalue weighted by molar-refractivity contribution is -0.129. The number of Topliss-reactive ketones (excluding diaryl/α,β-unsaturated/α-hetero) is 1. The Hall–Kier alpha value is -3.00. The largest absolute Gasteiger partial charge is 0.348 e. The summed E-state index contributed by atoms with van der Waals surface area (Å²) in [6.07, 6.45) is 0.723. The molecule has 0 unspecified atom stereocenters. The summed E-state index contributed by atoms with van der Waals surface area (Å²) in [5.74, 6) is -0.995. The van der Waals surface area contributed by atoms with E-state index in [0.717, 1.165) is 18.7 Å². The van der Waals surface area contributed by atoms with Crippen molar-refractivity contribution in [2.24, 2.45) is 0 Å². The van der Waals surface area contributed by atoms with Gasteiger partial charge in [0.1, 0.15) is 0 Å². The van der Waals surface area contributed by atoms with Crippen molar-refractivity contribution >= 4 is 17.6 Å². The molecule has 1 aromatic carbocycles. The normalized spacial score (nSPS) is 15.0. The topological polar surface area (TPSA) is 78.8 Å². The molecular formula is C22H29N5O3. The van der Waals surface area contributed by atoms with Crippen molar-refractivity contribution in [1.82, 2.24) is 24.5 Å². The average Bonchev–Trinajstić information content (AvgIpc) is 2.89. The Morgan fingerprint density at radius 1 is 1.00 bits per heavy atom. The number of carbonyl (C=O) groups excluding carboxylic acids is 3. The maximum Gasteiger partial charge on any atom is 0.295 e. The van der Waals surface area contributed by atoms with Crippen LogP contribution in [-0.4, -0.2) is 88.9 Å². The van der Waals surface area contributed by atoms with E-state index < -0.39 is 11.7 Å². The standard InChI is InChI=1S/C22H29N5O3/c1-16-20(17(2)27(23-16)18-9-6-5-7-10-18)21(29)22(30)26-12-8-11-25(13-14-26)15-19(28)24(3)4/h5-7,9-10H,8,11-15H2,1-4H3. The van der Waals surface area contributed by atoms with Crippen LogP contribution in [0.1, 0.15) is 28.2 Å². The van der Waals surface area contributed by atoms with Crippen molar-refractivity contribution in [2.45, 2.75) is 20.3 Å². The molecule has 2 aromatic rings. The summed E-state index contributed by atoms with van der Waals surface area (Å²) in [5.41, 5.74) is 2.42. The molecule has 1 saturated heterocycles. The highest BCUT2D eigenvalue weighted by atomic mass is 16.2. The number of ketones is 1. The van der Waals surface area contributed by atoms with Crippen molar-refractivity contribution in [1.29, 1.82) is 0 Å². The zero-order valence-corrected chi connectivity index (χ0v) is 18.1. The van der Waals surface area contributed by atoms with E-state index in [2.05, 4.69) is 5.10 Å². The van der Waals surface area contributed by atoms with Gasteiger partial charge in [-0.15, -0.1) is 0 Å². The highest BCUT2D eigenvalue weighted by Gasteiger charge is 2.30. The predicted octanol–water partition coefficient (Wildman–Crippen LogP) is 1.29. The lowest BCUT2D eigenvalue weighted by Crippen LogP contribution is -2.41. The van der Waals surface area contributed by atoms with Crippen LogP contribution < -0.4 is 0 Å². The monoisotopic (exact) mass is 411 g/mol. The Morgan fingerprint density at radius 2 is 1.70 bits per heavy atom. The second kappa shape index (κ2) is 9.21. The van der Waals surface area contributed by atoms with Crippen molar-refractivity contribution in [3.63, 3.8) is 0 Å². The number of aryl methyl sites for hydroxylation is 1. The molecule has 2 amide bonds. The maximum atomic E-state index is 13.1. The summed E-state index contributed by atoms with van der Waals surface area (Å²) in [7, 11) is 3.46. The first-order chi connectivity index (χ1) is 14.3. The molecule has 2 heterocycles. The summed E-state index contributed by atoms with van der Waals surface area (Å²) >= 11 is 0. The van der Waals surface area contributed by atoms with Crippen LogP contribution in [0.3, 0.4) is 0 Å². The number of hydrogen-bond donors (Lipinski definition) is 0. The maximum absolute atomic E-state index is 13.1. The van der Waals surface area contributed by atoms with Crippen LogP contribution in [0.5, 0.6) is 0 Å². The summed E-state index contributed by atoms with van der Waals surface area (Å²) in [5, 5.41) is 4.48. The molecule has 1 aliphatic rings. The van der Waals surface area contributed by atoms with Crippen LogP contribution in [-0.2, 0) is 9.59 Å². The van der Waals surface area contributed by atoms with Gasteiger partial charge in [0.15, 0.2) is 0 Å². The van der Waals surface area contributed by atoms with E-state index in [1.165, 1.54) is 0 Å². The summed E-state index contributed by atoms with van der Waals surface area (Å²) in [6, 6.07) is 9.55. The van der Waals surface area contributed by atoms with Crippen LogP contribution in [0.2, 0.25) is 0 Å². The minimum Gasteiger partial charge on any atom is -0.348 e. The quantitative estimate of drug-likeness (QED) is 0.547. The second-order valence-corrected chi connectivity index (χ2v) is 7.83. The number of carbonyl (C=O) groups is 3. The molecule has 0 atom stereocenters. The zero-order valence-electron chi connectivity index (χ0n) is 18.1. The molecule has 0 radical (unpaired) electrons. The lowest BCUT2D eigenvalue weighted by atomic mass is 10.1. The van der Waals surface area contributed by atoms with E-state index in [0.29, 0.717) is 43.1 Å².